The molecule has 23 heavy (non-hydrogen) atoms. The molecule has 0 atom stereocenters. The van der Waals surface area contributed by atoms with Crippen LogP contribution in [-0.4, -0.2) is 44.0 Å². The van der Waals surface area contributed by atoms with Crippen LogP contribution in [0.5, 0.6) is 11.5 Å². The molecule has 0 unspecified atom stereocenters. The van der Waals surface area contributed by atoms with Crippen LogP contribution < -0.4 is 15.4 Å². The van der Waals surface area contributed by atoms with Crippen LogP contribution in [0.1, 0.15) is 26.3 Å². The number of nitrogens with one attached hydrogen (secondary N) is 2. The number of hydrogen-bond acceptors (Lipinski definition) is 4. The lowest BCUT2D eigenvalue weighted by Crippen LogP contribution is -2.45. The van der Waals surface area contributed by atoms with E-state index in [1.165, 1.54) is 7.11 Å². The fraction of sp³-hybridized carbons (Fsp3) is 0.562. The number of hydrogen-bond donors (Lipinski definition) is 3. The van der Waals surface area contributed by atoms with Gasteiger partial charge in [0.2, 0.25) is 0 Å². The summed E-state index contributed by atoms with van der Waals surface area (Å²) in [6.07, 6.45) is 0. The molecule has 0 aromatic heterocycles. The Kier molecular flexibility index (Phi) is 9.98. The Labute approximate surface area is 155 Å². The number of methoxy groups -OCH3 is 2. The smallest absolute Gasteiger partial charge is 0.191 e. The molecule has 1 aromatic carbocycles. The van der Waals surface area contributed by atoms with Crippen LogP contribution in [0.3, 0.4) is 0 Å². The summed E-state index contributed by atoms with van der Waals surface area (Å²) in [6, 6.07) is 5.27. The first-order valence-electron chi connectivity index (χ1n) is 7.35. The Bertz CT molecular complexity index is 507. The Morgan fingerprint density at radius 2 is 1.96 bits per heavy atom. The standard InChI is InChI=1S/C16H27N3O3.HI/c1-6-17-15(19-11-16(2,3)22-5)18-10-12-7-8-14(21-4)13(20)9-12;/h7-9,20H,6,10-11H2,1-5H3,(H2,17,18,19);1H. The molecule has 0 spiro atoms. The van der Waals surface area contributed by atoms with Gasteiger partial charge in [0.25, 0.3) is 0 Å². The van der Waals surface area contributed by atoms with Crippen molar-refractivity contribution in [3.63, 3.8) is 0 Å². The molecule has 0 amide bonds. The number of ether oxygens (including phenoxy) is 2. The molecule has 0 aliphatic heterocycles. The van der Waals surface area contributed by atoms with Gasteiger partial charge in [-0.25, -0.2) is 4.99 Å². The van der Waals surface area contributed by atoms with Crippen LogP contribution in [0, 0.1) is 0 Å². The molecule has 1 rings (SSSR count). The summed E-state index contributed by atoms with van der Waals surface area (Å²) in [4.78, 5) is 4.50. The monoisotopic (exact) mass is 437 g/mol. The van der Waals surface area contributed by atoms with Crippen LogP contribution >= 0.6 is 24.0 Å². The molecule has 3 N–H and O–H groups in total. The predicted octanol–water partition coefficient (Wildman–Crippen LogP) is 2.50. The second-order valence-corrected chi connectivity index (χ2v) is 5.52. The summed E-state index contributed by atoms with van der Waals surface area (Å²) in [6.45, 7) is 7.89. The molecule has 0 radical (unpaired) electrons. The zero-order valence-electron chi connectivity index (χ0n) is 14.5. The minimum absolute atomic E-state index is 0. The number of phenolic OH excluding ortho intramolecular Hbond substituents is 1. The molecule has 1 aromatic rings. The van der Waals surface area contributed by atoms with Gasteiger partial charge in [-0.3, -0.25) is 0 Å². The van der Waals surface area contributed by atoms with Gasteiger partial charge in [-0.15, -0.1) is 24.0 Å². The zero-order chi connectivity index (χ0) is 16.6. The van der Waals surface area contributed by atoms with Crippen molar-refractivity contribution in [1.29, 1.82) is 0 Å². The summed E-state index contributed by atoms with van der Waals surface area (Å²) in [5.74, 6) is 1.29. The Morgan fingerprint density at radius 3 is 2.48 bits per heavy atom. The highest BCUT2D eigenvalue weighted by Crippen LogP contribution is 2.26. The minimum atomic E-state index is -0.269. The van der Waals surface area contributed by atoms with E-state index >= 15 is 0 Å². The maximum absolute atomic E-state index is 9.78. The zero-order valence-corrected chi connectivity index (χ0v) is 16.8. The Hall–Kier alpha value is -1.22. The van der Waals surface area contributed by atoms with Gasteiger partial charge >= 0.3 is 0 Å². The quantitative estimate of drug-likeness (QED) is 0.347. The van der Waals surface area contributed by atoms with Crippen LogP contribution in [0.25, 0.3) is 0 Å². The Morgan fingerprint density at radius 1 is 1.26 bits per heavy atom. The van der Waals surface area contributed by atoms with E-state index in [0.717, 1.165) is 12.1 Å². The number of benzene rings is 1. The lowest BCUT2D eigenvalue weighted by Gasteiger charge is -2.24. The molecule has 0 aliphatic carbocycles. The number of guanidine groups is 1. The fourth-order valence-electron chi connectivity index (χ4n) is 1.71. The molecule has 0 fully saturated rings. The maximum atomic E-state index is 9.78. The van der Waals surface area contributed by atoms with Crippen LogP contribution in [0.15, 0.2) is 23.2 Å². The number of aromatic hydroxyl groups is 1. The van der Waals surface area contributed by atoms with E-state index in [1.54, 1.807) is 19.2 Å². The van der Waals surface area contributed by atoms with E-state index < -0.39 is 0 Å². The summed E-state index contributed by atoms with van der Waals surface area (Å²) < 4.78 is 10.4. The van der Waals surface area contributed by atoms with Gasteiger partial charge in [0.15, 0.2) is 17.5 Å². The molecule has 0 aliphatic rings. The topological polar surface area (TPSA) is 75.1 Å². The van der Waals surface area contributed by atoms with Gasteiger partial charge < -0.3 is 25.2 Å². The van der Waals surface area contributed by atoms with Crippen molar-refractivity contribution in [3.8, 4) is 11.5 Å². The number of halogens is 1. The summed E-state index contributed by atoms with van der Waals surface area (Å²) >= 11 is 0. The number of rotatable bonds is 7. The molecule has 0 saturated heterocycles. The first kappa shape index (κ1) is 21.8. The highest BCUT2D eigenvalue weighted by atomic mass is 127. The summed E-state index contributed by atoms with van der Waals surface area (Å²) in [5.41, 5.74) is 0.635. The van der Waals surface area contributed by atoms with E-state index in [1.807, 2.05) is 26.8 Å². The number of nitrogens with zero attached hydrogens (tertiary/aromatic N) is 1. The normalized spacial score (nSPS) is 11.6. The van der Waals surface area contributed by atoms with E-state index in [0.29, 0.717) is 24.8 Å². The number of phenols is 1. The first-order chi connectivity index (χ1) is 10.4. The van der Waals surface area contributed by atoms with Gasteiger partial charge in [-0.05, 0) is 38.5 Å². The highest BCUT2D eigenvalue weighted by Gasteiger charge is 2.16. The highest BCUT2D eigenvalue weighted by molar-refractivity contribution is 14.0. The molecule has 7 heteroatoms. The van der Waals surface area contributed by atoms with Crippen LogP contribution in [0.2, 0.25) is 0 Å². The van der Waals surface area contributed by atoms with Gasteiger partial charge in [0.1, 0.15) is 0 Å². The molecule has 0 saturated carbocycles. The van der Waals surface area contributed by atoms with E-state index in [4.69, 9.17) is 9.47 Å². The SMILES string of the molecule is CCNC(=NCc1ccc(OC)c(O)c1)NCC(C)(C)OC.I. The van der Waals surface area contributed by atoms with Gasteiger partial charge in [-0.1, -0.05) is 6.07 Å². The number of aliphatic imine (C=N–C) groups is 1. The van der Waals surface area contributed by atoms with E-state index in [2.05, 4.69) is 15.6 Å². The lowest BCUT2D eigenvalue weighted by molar-refractivity contribution is 0.0268. The second kappa shape index (κ2) is 10.5. The fourth-order valence-corrected chi connectivity index (χ4v) is 1.71. The van der Waals surface area contributed by atoms with Crippen molar-refractivity contribution < 1.29 is 14.6 Å². The summed E-state index contributed by atoms with van der Waals surface area (Å²) in [7, 11) is 3.21. The minimum Gasteiger partial charge on any atom is -0.504 e. The Balaban J connectivity index is 0.00000484. The van der Waals surface area contributed by atoms with Gasteiger partial charge in [-0.2, -0.15) is 0 Å². The maximum Gasteiger partial charge on any atom is 0.191 e. The van der Waals surface area contributed by atoms with Crippen molar-refractivity contribution in [2.24, 2.45) is 4.99 Å². The van der Waals surface area contributed by atoms with Crippen LogP contribution in [-0.2, 0) is 11.3 Å². The third-order valence-electron chi connectivity index (χ3n) is 3.24. The van der Waals surface area contributed by atoms with E-state index in [-0.39, 0.29) is 35.3 Å². The third-order valence-corrected chi connectivity index (χ3v) is 3.24. The molecular formula is C16H28IN3O3. The largest absolute Gasteiger partial charge is 0.504 e. The van der Waals surface area contributed by atoms with Gasteiger partial charge in [0.05, 0.1) is 19.3 Å². The second-order valence-electron chi connectivity index (χ2n) is 5.52. The molecular weight excluding hydrogens is 409 g/mol. The van der Waals surface area contributed by atoms with Crippen molar-refractivity contribution in [3.05, 3.63) is 23.8 Å². The van der Waals surface area contributed by atoms with Crippen molar-refractivity contribution >= 4 is 29.9 Å². The first-order valence-corrected chi connectivity index (χ1v) is 7.35. The van der Waals surface area contributed by atoms with E-state index in [9.17, 15) is 5.11 Å². The summed E-state index contributed by atoms with van der Waals surface area (Å²) in [5, 5.41) is 16.2. The van der Waals surface area contributed by atoms with Crippen molar-refractivity contribution in [2.75, 3.05) is 27.3 Å². The van der Waals surface area contributed by atoms with Crippen molar-refractivity contribution in [1.82, 2.24) is 10.6 Å². The average molecular weight is 437 g/mol. The molecule has 132 valence electrons. The third kappa shape index (κ3) is 7.74. The van der Waals surface area contributed by atoms with Crippen molar-refractivity contribution in [2.45, 2.75) is 32.9 Å². The van der Waals surface area contributed by atoms with Gasteiger partial charge in [0, 0.05) is 20.2 Å². The predicted molar refractivity (Wildman–Crippen MR) is 104 cm³/mol. The average Bonchev–Trinajstić information content (AvgIpc) is 2.50. The molecule has 6 nitrogen and oxygen atoms in total. The lowest BCUT2D eigenvalue weighted by atomic mass is 10.1. The molecule has 0 heterocycles. The molecule has 0 bridgehead atoms. The van der Waals surface area contributed by atoms with Crippen LogP contribution in [0.4, 0.5) is 0 Å².